The lowest BCUT2D eigenvalue weighted by molar-refractivity contribution is -0.459. The predicted octanol–water partition coefficient (Wildman–Crippen LogP) is 1.49. The highest BCUT2D eigenvalue weighted by molar-refractivity contribution is 7.18. The summed E-state index contributed by atoms with van der Waals surface area (Å²) in [7, 11) is 3.82. The second-order valence-electron chi connectivity index (χ2n) is 5.41. The monoisotopic (exact) mass is 291 g/mol. The van der Waals surface area contributed by atoms with Crippen LogP contribution in [0.2, 0.25) is 0 Å². The molecule has 0 aliphatic heterocycles. The summed E-state index contributed by atoms with van der Waals surface area (Å²) in [6.07, 6.45) is 6.24. The Kier molecular flexibility index (Phi) is 3.33. The van der Waals surface area contributed by atoms with Crippen molar-refractivity contribution in [3.63, 3.8) is 0 Å². The van der Waals surface area contributed by atoms with Gasteiger partial charge in [-0.15, -0.1) is 16.0 Å². The topological polar surface area (TPSA) is 49.9 Å². The van der Waals surface area contributed by atoms with Crippen molar-refractivity contribution >= 4 is 27.9 Å². The Balaban J connectivity index is 2.22. The van der Waals surface area contributed by atoms with Crippen LogP contribution in [0, 0.1) is 6.92 Å². The van der Waals surface area contributed by atoms with Crippen LogP contribution < -0.4 is 11.0 Å². The van der Waals surface area contributed by atoms with E-state index in [1.165, 1.54) is 28.0 Å². The van der Waals surface area contributed by atoms with E-state index in [-0.39, 0.29) is 5.56 Å². The molecule has 0 bridgehead atoms. The summed E-state index contributed by atoms with van der Waals surface area (Å²) in [4.78, 5) is 19.6. The van der Waals surface area contributed by atoms with Gasteiger partial charge in [0.25, 0.3) is 11.9 Å². The molecule has 20 heavy (non-hydrogen) atoms. The maximum Gasteiger partial charge on any atom is 0.298 e. The third-order valence-corrected chi connectivity index (χ3v) is 4.79. The summed E-state index contributed by atoms with van der Waals surface area (Å²) in [6, 6.07) is 0. The second-order valence-corrected chi connectivity index (χ2v) is 6.50. The fraction of sp³-hybridized carbons (Fsp3) is 0.500. The summed E-state index contributed by atoms with van der Waals surface area (Å²) in [5.74, 6) is 0.694. The van der Waals surface area contributed by atoms with Crippen molar-refractivity contribution in [3.05, 3.63) is 26.6 Å². The maximum absolute atomic E-state index is 12.7. The molecule has 106 valence electrons. The lowest BCUT2D eigenvalue weighted by Gasteiger charge is -2.10. The minimum atomic E-state index is 0.0185. The average Bonchev–Trinajstić information content (AvgIpc) is 2.75. The van der Waals surface area contributed by atoms with Gasteiger partial charge in [0.1, 0.15) is 4.83 Å². The van der Waals surface area contributed by atoms with Crippen LogP contribution in [0.1, 0.15) is 29.1 Å². The normalized spacial score (nSPS) is 14.2. The molecule has 6 heteroatoms. The van der Waals surface area contributed by atoms with E-state index in [1.54, 1.807) is 17.7 Å². The Labute approximate surface area is 121 Å². The van der Waals surface area contributed by atoms with Crippen LogP contribution in [-0.2, 0) is 12.8 Å². The highest BCUT2D eigenvalue weighted by Crippen LogP contribution is 2.33. The number of nitrogens with zero attached hydrogens (tertiary/aromatic N) is 3. The average molecular weight is 291 g/mol. The van der Waals surface area contributed by atoms with Crippen LogP contribution in [-0.4, -0.2) is 34.7 Å². The van der Waals surface area contributed by atoms with Gasteiger partial charge in [0.15, 0.2) is 5.82 Å². The summed E-state index contributed by atoms with van der Waals surface area (Å²) in [5, 5.41) is 0.815. The zero-order valence-corrected chi connectivity index (χ0v) is 12.9. The molecule has 3 rings (SSSR count). The molecule has 1 aliphatic rings. The maximum atomic E-state index is 12.7. The molecule has 0 aromatic carbocycles. The number of hydrogen-bond donors (Lipinski definition) is 1. The highest BCUT2D eigenvalue weighted by atomic mass is 32.1. The van der Waals surface area contributed by atoms with Crippen molar-refractivity contribution in [2.75, 3.05) is 19.5 Å². The van der Waals surface area contributed by atoms with Gasteiger partial charge in [-0.05, 0) is 38.2 Å². The first-order valence-corrected chi connectivity index (χ1v) is 7.70. The van der Waals surface area contributed by atoms with Crippen LogP contribution in [0.15, 0.2) is 4.79 Å². The first-order valence-electron chi connectivity index (χ1n) is 6.88. The number of hydrogen-bond acceptors (Lipinski definition) is 3. The minimum Gasteiger partial charge on any atom is -0.272 e. The summed E-state index contributed by atoms with van der Waals surface area (Å²) >= 11 is 1.69. The van der Waals surface area contributed by atoms with Crippen LogP contribution in [0.4, 0.5) is 0 Å². The quantitative estimate of drug-likeness (QED) is 0.518. The molecule has 2 heterocycles. The fourth-order valence-electron chi connectivity index (χ4n) is 2.63. The van der Waals surface area contributed by atoms with Crippen molar-refractivity contribution in [1.82, 2.24) is 9.66 Å². The molecular weight excluding hydrogens is 272 g/mol. The lowest BCUT2D eigenvalue weighted by atomic mass is 9.97. The van der Waals surface area contributed by atoms with Gasteiger partial charge in [0.05, 0.1) is 19.5 Å². The SMILES string of the molecule is Cc1nc2sc3c(c2c(=O)n1NC=[N+](C)C)CCCC3. The van der Waals surface area contributed by atoms with E-state index in [0.717, 1.165) is 23.1 Å². The molecule has 0 unspecified atom stereocenters. The van der Waals surface area contributed by atoms with Crippen LogP contribution >= 0.6 is 11.3 Å². The number of aromatic nitrogens is 2. The molecule has 0 fully saturated rings. The number of aryl methyl sites for hydroxylation is 3. The Morgan fingerprint density at radius 2 is 2.10 bits per heavy atom. The number of thiophene rings is 1. The first-order chi connectivity index (χ1) is 9.58. The molecule has 0 atom stereocenters. The van der Waals surface area contributed by atoms with Crippen molar-refractivity contribution in [3.8, 4) is 0 Å². The zero-order valence-electron chi connectivity index (χ0n) is 12.1. The Hall–Kier alpha value is -1.69. The summed E-state index contributed by atoms with van der Waals surface area (Å²) in [6.45, 7) is 1.86. The van der Waals surface area contributed by atoms with Crippen LogP contribution in [0.5, 0.6) is 0 Å². The molecule has 0 saturated heterocycles. The summed E-state index contributed by atoms with van der Waals surface area (Å²) < 4.78 is 3.39. The molecule has 0 radical (unpaired) electrons. The molecular formula is C14H19N4OS+. The second kappa shape index (κ2) is 5.01. The smallest absolute Gasteiger partial charge is 0.272 e. The van der Waals surface area contributed by atoms with Gasteiger partial charge in [0.2, 0.25) is 0 Å². The van der Waals surface area contributed by atoms with Gasteiger partial charge in [0, 0.05) is 4.88 Å². The molecule has 1 N–H and O–H groups in total. The fourth-order valence-corrected chi connectivity index (χ4v) is 3.93. The molecule has 0 amide bonds. The van der Waals surface area contributed by atoms with Crippen LogP contribution in [0.25, 0.3) is 10.2 Å². The van der Waals surface area contributed by atoms with Gasteiger partial charge in [-0.3, -0.25) is 9.37 Å². The Morgan fingerprint density at radius 3 is 2.85 bits per heavy atom. The van der Waals surface area contributed by atoms with Crippen molar-refractivity contribution < 1.29 is 4.58 Å². The molecule has 0 spiro atoms. The van der Waals surface area contributed by atoms with E-state index >= 15 is 0 Å². The van der Waals surface area contributed by atoms with E-state index in [0.29, 0.717) is 5.82 Å². The zero-order chi connectivity index (χ0) is 14.3. The Bertz CT molecular complexity index is 753. The van der Waals surface area contributed by atoms with E-state index in [9.17, 15) is 4.79 Å². The molecule has 5 nitrogen and oxygen atoms in total. The highest BCUT2D eigenvalue weighted by Gasteiger charge is 2.21. The van der Waals surface area contributed by atoms with Crippen molar-refractivity contribution in [1.29, 1.82) is 0 Å². The van der Waals surface area contributed by atoms with E-state index in [1.807, 2.05) is 25.6 Å². The Morgan fingerprint density at radius 1 is 1.35 bits per heavy atom. The lowest BCUT2D eigenvalue weighted by Crippen LogP contribution is -2.33. The van der Waals surface area contributed by atoms with E-state index in [2.05, 4.69) is 10.4 Å². The number of rotatable bonds is 2. The summed E-state index contributed by atoms with van der Waals surface area (Å²) in [5.41, 5.74) is 4.27. The third-order valence-electron chi connectivity index (χ3n) is 3.60. The van der Waals surface area contributed by atoms with E-state index in [4.69, 9.17) is 0 Å². The first kappa shape index (κ1) is 13.3. The predicted molar refractivity (Wildman–Crippen MR) is 82.8 cm³/mol. The van der Waals surface area contributed by atoms with Crippen molar-refractivity contribution in [2.24, 2.45) is 0 Å². The van der Waals surface area contributed by atoms with Gasteiger partial charge >= 0.3 is 0 Å². The van der Waals surface area contributed by atoms with Crippen molar-refractivity contribution in [2.45, 2.75) is 32.6 Å². The number of nitrogens with one attached hydrogen (secondary N) is 1. The third kappa shape index (κ3) is 2.14. The standard InChI is InChI=1S/C14H18N4OS/c1-9-16-13-12(10-6-4-5-7-11(10)20-13)14(19)18(9)15-8-17(2)3/h8H,4-7H2,1-3H3/p+1. The van der Waals surface area contributed by atoms with Gasteiger partial charge < -0.3 is 0 Å². The van der Waals surface area contributed by atoms with Gasteiger partial charge in [-0.1, -0.05) is 0 Å². The van der Waals surface area contributed by atoms with Gasteiger partial charge in [-0.25, -0.2) is 4.98 Å². The largest absolute Gasteiger partial charge is 0.298 e. The molecule has 2 aromatic rings. The van der Waals surface area contributed by atoms with Gasteiger partial charge in [-0.2, -0.15) is 5.43 Å². The molecule has 2 aromatic heterocycles. The van der Waals surface area contributed by atoms with Crippen LogP contribution in [0.3, 0.4) is 0 Å². The molecule has 0 saturated carbocycles. The minimum absolute atomic E-state index is 0.0185. The molecule has 1 aliphatic carbocycles. The number of fused-ring (bicyclic) bond motifs is 3. The van der Waals surface area contributed by atoms with E-state index < -0.39 is 0 Å².